The van der Waals surface area contributed by atoms with Gasteiger partial charge in [-0.15, -0.1) is 0 Å². The van der Waals surface area contributed by atoms with Crippen molar-refractivity contribution in [3.63, 3.8) is 0 Å². The lowest BCUT2D eigenvalue weighted by Gasteiger charge is -1.99. The summed E-state index contributed by atoms with van der Waals surface area (Å²) in [5.74, 6) is 0.823. The zero-order valence-electron chi connectivity index (χ0n) is 7.35. The minimum absolute atomic E-state index is 0.311. The Bertz CT molecular complexity index is 264. The molecule has 2 fully saturated rings. The number of hydrogen-bond acceptors (Lipinski definition) is 1. The fourth-order valence-corrected chi connectivity index (χ4v) is 3.09. The Labute approximate surface area is 67.4 Å². The van der Waals surface area contributed by atoms with E-state index in [0.717, 1.165) is 5.92 Å². The Balaban J connectivity index is 2.03. The van der Waals surface area contributed by atoms with Gasteiger partial charge in [-0.1, -0.05) is 19.9 Å². The molecule has 3 rings (SSSR count). The van der Waals surface area contributed by atoms with Crippen molar-refractivity contribution in [1.82, 2.24) is 0 Å². The molecule has 2 unspecified atom stereocenters. The number of ether oxygens (including phenoxy) is 1. The molecule has 1 spiro atoms. The van der Waals surface area contributed by atoms with Gasteiger partial charge in [-0.25, -0.2) is 0 Å². The Morgan fingerprint density at radius 2 is 2.27 bits per heavy atom. The van der Waals surface area contributed by atoms with E-state index in [1.54, 1.807) is 0 Å². The van der Waals surface area contributed by atoms with Crippen molar-refractivity contribution in [2.75, 3.05) is 0 Å². The van der Waals surface area contributed by atoms with E-state index in [0.29, 0.717) is 17.1 Å². The highest BCUT2D eigenvalue weighted by Gasteiger charge is 2.86. The van der Waals surface area contributed by atoms with Crippen molar-refractivity contribution in [3.8, 4) is 0 Å². The first-order valence-electron chi connectivity index (χ1n) is 4.45. The van der Waals surface area contributed by atoms with E-state index >= 15 is 0 Å². The lowest BCUT2D eigenvalue weighted by Crippen LogP contribution is -2.05. The maximum atomic E-state index is 5.80. The minimum atomic E-state index is 0.311. The van der Waals surface area contributed by atoms with Gasteiger partial charge in [-0.2, -0.15) is 0 Å². The topological polar surface area (TPSA) is 12.5 Å². The van der Waals surface area contributed by atoms with Gasteiger partial charge >= 0.3 is 0 Å². The molecule has 2 aliphatic carbocycles. The summed E-state index contributed by atoms with van der Waals surface area (Å²) in [6, 6.07) is 0. The molecule has 1 heterocycles. The van der Waals surface area contributed by atoms with Crippen LogP contribution in [-0.2, 0) is 4.74 Å². The van der Waals surface area contributed by atoms with Crippen LogP contribution in [0.3, 0.4) is 0 Å². The summed E-state index contributed by atoms with van der Waals surface area (Å²) < 4.78 is 5.80. The van der Waals surface area contributed by atoms with Gasteiger partial charge < -0.3 is 4.74 Å². The van der Waals surface area contributed by atoms with Crippen LogP contribution < -0.4 is 0 Å². The van der Waals surface area contributed by atoms with Gasteiger partial charge in [0, 0.05) is 11.3 Å². The monoisotopic (exact) mass is 150 g/mol. The zero-order chi connectivity index (χ0) is 7.85. The van der Waals surface area contributed by atoms with Crippen LogP contribution in [0, 0.1) is 11.3 Å². The van der Waals surface area contributed by atoms with Crippen LogP contribution in [-0.4, -0.2) is 11.7 Å². The molecule has 0 radical (unpaired) electrons. The Hall–Kier alpha value is -0.300. The molecule has 60 valence electrons. The minimum Gasteiger partial charge on any atom is -0.360 e. The molecule has 1 aliphatic heterocycles. The van der Waals surface area contributed by atoms with Crippen LogP contribution in [0.4, 0.5) is 0 Å². The van der Waals surface area contributed by atoms with Crippen LogP contribution in [0.2, 0.25) is 0 Å². The van der Waals surface area contributed by atoms with E-state index in [1.165, 1.54) is 12.0 Å². The van der Waals surface area contributed by atoms with E-state index in [4.69, 9.17) is 4.74 Å². The summed E-state index contributed by atoms with van der Waals surface area (Å²) in [5, 5.41) is 0. The summed E-state index contributed by atoms with van der Waals surface area (Å²) in [6.07, 6.45) is 4.10. The molecular formula is C10H14O. The molecule has 0 aromatic carbocycles. The van der Waals surface area contributed by atoms with Crippen molar-refractivity contribution in [3.05, 3.63) is 11.6 Å². The maximum Gasteiger partial charge on any atom is 0.109 e. The van der Waals surface area contributed by atoms with Crippen molar-refractivity contribution in [2.45, 2.75) is 38.9 Å². The third-order valence-corrected chi connectivity index (χ3v) is 4.05. The first kappa shape index (κ1) is 6.24. The molecule has 11 heavy (non-hydrogen) atoms. The van der Waals surface area contributed by atoms with Crippen molar-refractivity contribution in [1.29, 1.82) is 0 Å². The fourth-order valence-electron chi connectivity index (χ4n) is 3.09. The molecule has 1 heteroatoms. The van der Waals surface area contributed by atoms with E-state index in [1.807, 2.05) is 0 Å². The van der Waals surface area contributed by atoms with E-state index in [2.05, 4.69) is 26.8 Å². The lowest BCUT2D eigenvalue weighted by molar-refractivity contribution is 0.339. The van der Waals surface area contributed by atoms with Gasteiger partial charge in [0.25, 0.3) is 0 Å². The van der Waals surface area contributed by atoms with Crippen LogP contribution >= 0.6 is 0 Å². The molecule has 0 amide bonds. The molecule has 0 aromatic rings. The van der Waals surface area contributed by atoms with Gasteiger partial charge in [0.15, 0.2) is 0 Å². The summed E-state index contributed by atoms with van der Waals surface area (Å²) in [4.78, 5) is 0. The molecule has 1 saturated heterocycles. The first-order valence-corrected chi connectivity index (χ1v) is 4.45. The number of epoxide rings is 1. The van der Waals surface area contributed by atoms with Crippen molar-refractivity contribution >= 4 is 0 Å². The second kappa shape index (κ2) is 1.31. The van der Waals surface area contributed by atoms with Crippen LogP contribution in [0.1, 0.15) is 27.2 Å². The first-order chi connectivity index (χ1) is 5.11. The van der Waals surface area contributed by atoms with E-state index in [-0.39, 0.29) is 0 Å². The number of rotatable bonds is 0. The molecule has 3 aliphatic rings. The predicted molar refractivity (Wildman–Crippen MR) is 43.2 cm³/mol. The summed E-state index contributed by atoms with van der Waals surface area (Å²) in [6.45, 7) is 6.87. The fraction of sp³-hybridized carbons (Fsp3) is 0.800. The van der Waals surface area contributed by atoms with Crippen LogP contribution in [0.15, 0.2) is 11.6 Å². The largest absolute Gasteiger partial charge is 0.360 e. The van der Waals surface area contributed by atoms with Gasteiger partial charge in [0.1, 0.15) is 11.7 Å². The van der Waals surface area contributed by atoms with Crippen molar-refractivity contribution in [2.24, 2.45) is 11.3 Å². The van der Waals surface area contributed by atoms with Crippen molar-refractivity contribution < 1.29 is 4.74 Å². The zero-order valence-corrected chi connectivity index (χ0v) is 7.35. The SMILES string of the molecule is CC1=CCC2C(C)(C)[C@]23OC13. The summed E-state index contributed by atoms with van der Waals surface area (Å²) in [5.41, 5.74) is 2.24. The van der Waals surface area contributed by atoms with Gasteiger partial charge in [0.2, 0.25) is 0 Å². The molecule has 0 aromatic heterocycles. The molecule has 1 nitrogen and oxygen atoms in total. The van der Waals surface area contributed by atoms with Crippen LogP contribution in [0.25, 0.3) is 0 Å². The van der Waals surface area contributed by atoms with Gasteiger partial charge in [-0.05, 0) is 18.9 Å². The standard InChI is InChI=1S/C10H14O/c1-6-4-5-7-9(2,3)10(7)8(6)11-10/h4,7-8H,5H2,1-3H3/t7?,8?,10-/m0/s1. The predicted octanol–water partition coefficient (Wildman–Crippen LogP) is 2.13. The normalized spacial score (nSPS) is 55.7. The molecule has 0 bridgehead atoms. The molecule has 1 saturated carbocycles. The second-order valence-electron chi connectivity index (χ2n) is 4.75. The molecular weight excluding hydrogens is 136 g/mol. The van der Waals surface area contributed by atoms with E-state index in [9.17, 15) is 0 Å². The summed E-state index contributed by atoms with van der Waals surface area (Å²) in [7, 11) is 0. The average Bonchev–Trinajstić information content (AvgIpc) is 2.72. The second-order valence-corrected chi connectivity index (χ2v) is 4.75. The quantitative estimate of drug-likeness (QED) is 0.380. The van der Waals surface area contributed by atoms with Crippen LogP contribution in [0.5, 0.6) is 0 Å². The third kappa shape index (κ3) is 0.427. The lowest BCUT2D eigenvalue weighted by atomic mass is 10.0. The number of allylic oxidation sites excluding steroid dienone is 1. The third-order valence-electron chi connectivity index (χ3n) is 4.05. The maximum absolute atomic E-state index is 5.80. The van der Waals surface area contributed by atoms with Gasteiger partial charge in [0.05, 0.1) is 0 Å². The van der Waals surface area contributed by atoms with Gasteiger partial charge in [-0.3, -0.25) is 0 Å². The highest BCUT2D eigenvalue weighted by atomic mass is 16.6. The Morgan fingerprint density at radius 1 is 1.55 bits per heavy atom. The summed E-state index contributed by atoms with van der Waals surface area (Å²) >= 11 is 0. The Kier molecular flexibility index (Phi) is 0.742. The molecule has 3 atom stereocenters. The highest BCUT2D eigenvalue weighted by Crippen LogP contribution is 2.78. The smallest absolute Gasteiger partial charge is 0.109 e. The highest BCUT2D eigenvalue weighted by molar-refractivity contribution is 5.43. The molecule has 0 N–H and O–H groups in total. The number of hydrogen-bond donors (Lipinski definition) is 0. The van der Waals surface area contributed by atoms with E-state index < -0.39 is 0 Å². The Morgan fingerprint density at radius 3 is 2.91 bits per heavy atom. The average molecular weight is 150 g/mol.